The lowest BCUT2D eigenvalue weighted by Gasteiger charge is -2.29. The van der Waals surface area contributed by atoms with Crippen molar-refractivity contribution in [1.82, 2.24) is 4.72 Å². The number of rotatable bonds is 6. The number of nitrogens with zero attached hydrogens (tertiary/aromatic N) is 1. The SMILES string of the molecule is CC(CN)(NS(=O)(=O)c1ccc(O)c([N+](=O)[O-])c1)C1CC1. The molecular weight excluding hydrogens is 298 g/mol. The molecule has 4 N–H and O–H groups in total. The number of nitro groups is 1. The fourth-order valence-corrected chi connectivity index (χ4v) is 3.69. The molecule has 2 rings (SSSR count). The molecule has 1 aromatic rings. The van der Waals surface area contributed by atoms with E-state index < -0.39 is 31.9 Å². The largest absolute Gasteiger partial charge is 0.502 e. The maximum atomic E-state index is 12.4. The monoisotopic (exact) mass is 315 g/mol. The van der Waals surface area contributed by atoms with Gasteiger partial charge in [0.05, 0.1) is 9.82 Å². The molecule has 0 spiro atoms. The van der Waals surface area contributed by atoms with Crippen LogP contribution in [0.15, 0.2) is 23.1 Å². The molecule has 1 aromatic carbocycles. The van der Waals surface area contributed by atoms with Gasteiger partial charge in [0.1, 0.15) is 0 Å². The highest BCUT2D eigenvalue weighted by Crippen LogP contribution is 2.40. The van der Waals surface area contributed by atoms with Crippen LogP contribution in [0.3, 0.4) is 0 Å². The molecule has 1 aliphatic rings. The van der Waals surface area contributed by atoms with E-state index in [1.54, 1.807) is 6.92 Å². The number of hydrogen-bond donors (Lipinski definition) is 3. The van der Waals surface area contributed by atoms with Crippen molar-refractivity contribution in [3.63, 3.8) is 0 Å². The van der Waals surface area contributed by atoms with Crippen LogP contribution < -0.4 is 10.5 Å². The van der Waals surface area contributed by atoms with Crippen molar-refractivity contribution in [3.8, 4) is 5.75 Å². The molecule has 0 aromatic heterocycles. The van der Waals surface area contributed by atoms with Gasteiger partial charge in [-0.3, -0.25) is 10.1 Å². The zero-order chi connectivity index (χ0) is 15.8. The fraction of sp³-hybridized carbons (Fsp3) is 0.500. The smallest absolute Gasteiger partial charge is 0.312 e. The topological polar surface area (TPSA) is 136 Å². The number of aromatic hydroxyl groups is 1. The molecule has 0 bridgehead atoms. The van der Waals surface area contributed by atoms with Crippen LogP contribution in [0.1, 0.15) is 19.8 Å². The van der Waals surface area contributed by atoms with Gasteiger partial charge in [0, 0.05) is 18.2 Å². The number of hydrogen-bond acceptors (Lipinski definition) is 6. The van der Waals surface area contributed by atoms with E-state index in [1.165, 1.54) is 0 Å². The zero-order valence-corrected chi connectivity index (χ0v) is 12.3. The molecule has 21 heavy (non-hydrogen) atoms. The molecule has 1 saturated carbocycles. The van der Waals surface area contributed by atoms with Gasteiger partial charge in [0.25, 0.3) is 0 Å². The Hall–Kier alpha value is -1.71. The first-order valence-electron chi connectivity index (χ1n) is 6.41. The fourth-order valence-electron chi connectivity index (χ4n) is 2.19. The predicted molar refractivity (Wildman–Crippen MR) is 75.3 cm³/mol. The van der Waals surface area contributed by atoms with E-state index in [0.29, 0.717) is 0 Å². The third-order valence-electron chi connectivity index (χ3n) is 3.72. The molecule has 1 atom stereocenters. The molecule has 0 heterocycles. The van der Waals surface area contributed by atoms with Crippen molar-refractivity contribution in [1.29, 1.82) is 0 Å². The number of benzene rings is 1. The van der Waals surface area contributed by atoms with E-state index in [-0.39, 0.29) is 17.4 Å². The Morgan fingerprint density at radius 1 is 1.52 bits per heavy atom. The van der Waals surface area contributed by atoms with E-state index in [9.17, 15) is 23.6 Å². The highest BCUT2D eigenvalue weighted by molar-refractivity contribution is 7.89. The summed E-state index contributed by atoms with van der Waals surface area (Å²) in [5, 5.41) is 20.1. The quantitative estimate of drug-likeness (QED) is 0.522. The first-order chi connectivity index (χ1) is 9.69. The molecule has 0 radical (unpaired) electrons. The molecule has 9 heteroatoms. The first kappa shape index (κ1) is 15.7. The van der Waals surface area contributed by atoms with Gasteiger partial charge in [-0.1, -0.05) is 0 Å². The molecule has 1 aliphatic carbocycles. The van der Waals surface area contributed by atoms with Crippen molar-refractivity contribution >= 4 is 15.7 Å². The predicted octanol–water partition coefficient (Wildman–Crippen LogP) is 0.706. The summed E-state index contributed by atoms with van der Waals surface area (Å²) in [5.74, 6) is -0.410. The second kappa shape index (κ2) is 5.24. The standard InChI is InChI=1S/C12H17N3O5S/c1-12(7-13,8-2-3-8)14-21(19,20)9-4-5-11(16)10(6-9)15(17)18/h4-6,8,14,16H,2-3,7,13H2,1H3. The Kier molecular flexibility index (Phi) is 3.91. The van der Waals surface area contributed by atoms with Crippen LogP contribution in [0.4, 0.5) is 5.69 Å². The number of sulfonamides is 1. The van der Waals surface area contributed by atoms with Crippen LogP contribution >= 0.6 is 0 Å². The lowest BCUT2D eigenvalue weighted by molar-refractivity contribution is -0.386. The van der Waals surface area contributed by atoms with Gasteiger partial charge in [-0.05, 0) is 37.8 Å². The van der Waals surface area contributed by atoms with Crippen molar-refractivity contribution < 1.29 is 18.4 Å². The normalized spacial score (nSPS) is 18.2. The molecular formula is C12H17N3O5S. The van der Waals surface area contributed by atoms with E-state index in [1.807, 2.05) is 0 Å². The van der Waals surface area contributed by atoms with E-state index in [4.69, 9.17) is 5.73 Å². The molecule has 0 saturated heterocycles. The summed E-state index contributed by atoms with van der Waals surface area (Å²) >= 11 is 0. The number of phenols is 1. The Bertz CT molecular complexity index is 671. The molecule has 0 aliphatic heterocycles. The zero-order valence-electron chi connectivity index (χ0n) is 11.4. The van der Waals surface area contributed by atoms with Gasteiger partial charge in [-0.25, -0.2) is 13.1 Å². The van der Waals surface area contributed by atoms with Gasteiger partial charge < -0.3 is 10.8 Å². The summed E-state index contributed by atoms with van der Waals surface area (Å²) in [5.41, 5.74) is 4.23. The van der Waals surface area contributed by atoms with E-state index in [2.05, 4.69) is 4.72 Å². The number of nitrogens with two attached hydrogens (primary N) is 1. The molecule has 1 unspecified atom stereocenters. The minimum absolute atomic E-state index is 0.136. The van der Waals surface area contributed by atoms with Gasteiger partial charge in [-0.2, -0.15) is 0 Å². The Morgan fingerprint density at radius 2 is 2.14 bits per heavy atom. The third kappa shape index (κ3) is 3.14. The summed E-state index contributed by atoms with van der Waals surface area (Å²) in [6.07, 6.45) is 1.79. The van der Waals surface area contributed by atoms with Crippen LogP contribution in [0.2, 0.25) is 0 Å². The molecule has 1 fully saturated rings. The summed E-state index contributed by atoms with van der Waals surface area (Å²) in [7, 11) is -3.95. The van der Waals surface area contributed by atoms with Crippen molar-refractivity contribution in [3.05, 3.63) is 28.3 Å². The molecule has 8 nitrogen and oxygen atoms in total. The highest BCUT2D eigenvalue weighted by Gasteiger charge is 2.43. The Balaban J connectivity index is 2.35. The van der Waals surface area contributed by atoms with Crippen LogP contribution in [-0.4, -0.2) is 30.5 Å². The average Bonchev–Trinajstić information content (AvgIpc) is 3.22. The highest BCUT2D eigenvalue weighted by atomic mass is 32.2. The summed E-state index contributed by atoms with van der Waals surface area (Å²) in [6, 6.07) is 2.94. The van der Waals surface area contributed by atoms with E-state index >= 15 is 0 Å². The van der Waals surface area contributed by atoms with Crippen molar-refractivity contribution in [2.75, 3.05) is 6.54 Å². The lowest BCUT2D eigenvalue weighted by Crippen LogP contribution is -2.52. The van der Waals surface area contributed by atoms with Crippen LogP contribution in [0.25, 0.3) is 0 Å². The first-order valence-corrected chi connectivity index (χ1v) is 7.89. The second-order valence-electron chi connectivity index (χ2n) is 5.41. The minimum Gasteiger partial charge on any atom is -0.502 e. The van der Waals surface area contributed by atoms with Crippen molar-refractivity contribution in [2.24, 2.45) is 11.7 Å². The van der Waals surface area contributed by atoms with Crippen LogP contribution in [0.5, 0.6) is 5.75 Å². The minimum atomic E-state index is -3.95. The number of nitro benzene ring substituents is 1. The maximum Gasteiger partial charge on any atom is 0.312 e. The maximum absolute atomic E-state index is 12.4. The van der Waals surface area contributed by atoms with Gasteiger partial charge >= 0.3 is 5.69 Å². The second-order valence-corrected chi connectivity index (χ2v) is 7.09. The Morgan fingerprint density at radius 3 is 2.62 bits per heavy atom. The van der Waals surface area contributed by atoms with E-state index in [0.717, 1.165) is 31.0 Å². The number of phenolic OH excluding ortho intramolecular Hbond substituents is 1. The molecule has 0 amide bonds. The van der Waals surface area contributed by atoms with Crippen LogP contribution in [-0.2, 0) is 10.0 Å². The van der Waals surface area contributed by atoms with Gasteiger partial charge in [0.2, 0.25) is 10.0 Å². The third-order valence-corrected chi connectivity index (χ3v) is 5.33. The Labute approximate surface area is 122 Å². The lowest BCUT2D eigenvalue weighted by atomic mass is 9.98. The summed E-state index contributed by atoms with van der Waals surface area (Å²) in [6.45, 7) is 1.86. The summed E-state index contributed by atoms with van der Waals surface area (Å²) < 4.78 is 27.2. The van der Waals surface area contributed by atoms with Gasteiger partial charge in [0.15, 0.2) is 5.75 Å². The van der Waals surface area contributed by atoms with Crippen LogP contribution in [0, 0.1) is 16.0 Å². The van der Waals surface area contributed by atoms with Crippen molar-refractivity contribution in [2.45, 2.75) is 30.2 Å². The van der Waals surface area contributed by atoms with Gasteiger partial charge in [-0.15, -0.1) is 0 Å². The summed E-state index contributed by atoms with van der Waals surface area (Å²) in [4.78, 5) is 9.66. The number of nitrogens with one attached hydrogen (secondary N) is 1. The molecule has 116 valence electrons. The average molecular weight is 315 g/mol.